The van der Waals surface area contributed by atoms with Gasteiger partial charge in [0.25, 0.3) is 0 Å². The molecule has 106 valence electrons. The van der Waals surface area contributed by atoms with Gasteiger partial charge in [0.05, 0.1) is 5.75 Å². The van der Waals surface area contributed by atoms with Gasteiger partial charge in [-0.05, 0) is 25.2 Å². The van der Waals surface area contributed by atoms with Crippen molar-refractivity contribution in [2.75, 3.05) is 24.3 Å². The summed E-state index contributed by atoms with van der Waals surface area (Å²) >= 11 is 1.72. The molecular formula is C12H24N2O2S2. The minimum absolute atomic E-state index is 0.0815. The summed E-state index contributed by atoms with van der Waals surface area (Å²) in [6.45, 7) is 7.15. The van der Waals surface area contributed by atoms with E-state index in [2.05, 4.69) is 24.2 Å². The second kappa shape index (κ2) is 6.28. The molecule has 18 heavy (non-hydrogen) atoms. The van der Waals surface area contributed by atoms with E-state index in [1.807, 2.05) is 6.92 Å². The fourth-order valence-corrected chi connectivity index (χ4v) is 4.40. The quantitative estimate of drug-likeness (QED) is 0.841. The van der Waals surface area contributed by atoms with Gasteiger partial charge in [-0.15, -0.1) is 0 Å². The van der Waals surface area contributed by atoms with E-state index >= 15 is 0 Å². The first-order chi connectivity index (χ1) is 8.30. The lowest BCUT2D eigenvalue weighted by molar-refractivity contribution is 0.318. The van der Waals surface area contributed by atoms with E-state index < -0.39 is 9.84 Å². The van der Waals surface area contributed by atoms with Crippen LogP contribution in [0.25, 0.3) is 0 Å². The molecule has 0 fully saturated rings. The first-order valence-electron chi connectivity index (χ1n) is 6.42. The van der Waals surface area contributed by atoms with Crippen LogP contribution in [0.5, 0.6) is 0 Å². The molecule has 1 aliphatic heterocycles. The van der Waals surface area contributed by atoms with E-state index in [0.29, 0.717) is 5.41 Å². The summed E-state index contributed by atoms with van der Waals surface area (Å²) in [7, 11) is -2.93. The Morgan fingerprint density at radius 2 is 2.06 bits per heavy atom. The van der Waals surface area contributed by atoms with Crippen molar-refractivity contribution in [1.29, 1.82) is 0 Å². The van der Waals surface area contributed by atoms with Crippen LogP contribution in [0.2, 0.25) is 0 Å². The van der Waals surface area contributed by atoms with Crippen LogP contribution < -0.4 is 5.32 Å². The number of hydrogen-bond acceptors (Lipinski definition) is 5. The molecule has 0 amide bonds. The predicted molar refractivity (Wildman–Crippen MR) is 80.1 cm³/mol. The Hall–Kier alpha value is -0.230. The molecule has 0 aromatic carbocycles. The van der Waals surface area contributed by atoms with Crippen LogP contribution in [0.4, 0.5) is 0 Å². The standard InChI is InChI=1S/C12H24N2O2S2/c1-5-12(6-2)8-13-11(17-9-12)14-10(3)7-18(4,15)16/h10H,5-9H2,1-4H3,(H,13,14). The molecule has 0 aliphatic carbocycles. The lowest BCUT2D eigenvalue weighted by atomic mass is 9.84. The highest BCUT2D eigenvalue weighted by molar-refractivity contribution is 8.13. The Balaban J connectivity index is 2.54. The highest BCUT2D eigenvalue weighted by atomic mass is 32.2. The topological polar surface area (TPSA) is 58.5 Å². The Bertz CT molecular complexity index is 400. The molecule has 0 bridgehead atoms. The summed E-state index contributed by atoms with van der Waals surface area (Å²) in [6.07, 6.45) is 3.55. The zero-order valence-electron chi connectivity index (χ0n) is 11.7. The van der Waals surface area contributed by atoms with Crippen molar-refractivity contribution in [3.8, 4) is 0 Å². The van der Waals surface area contributed by atoms with Gasteiger partial charge in [-0.1, -0.05) is 25.6 Å². The van der Waals surface area contributed by atoms with Gasteiger partial charge in [0.2, 0.25) is 0 Å². The second-order valence-electron chi connectivity index (χ2n) is 5.25. The molecule has 0 radical (unpaired) electrons. The van der Waals surface area contributed by atoms with Crippen LogP contribution in [0.1, 0.15) is 33.6 Å². The van der Waals surface area contributed by atoms with Gasteiger partial charge < -0.3 is 5.32 Å². The van der Waals surface area contributed by atoms with Crippen molar-refractivity contribution in [2.24, 2.45) is 10.4 Å². The van der Waals surface area contributed by atoms with E-state index in [-0.39, 0.29) is 11.8 Å². The van der Waals surface area contributed by atoms with Gasteiger partial charge in [0.1, 0.15) is 9.84 Å². The maximum Gasteiger partial charge on any atom is 0.156 e. The fraction of sp³-hybridized carbons (Fsp3) is 0.917. The number of nitrogens with one attached hydrogen (secondary N) is 1. The van der Waals surface area contributed by atoms with Crippen LogP contribution in [0.3, 0.4) is 0 Å². The molecular weight excluding hydrogens is 268 g/mol. The van der Waals surface area contributed by atoms with Gasteiger partial charge >= 0.3 is 0 Å². The molecule has 0 aromatic heterocycles. The largest absolute Gasteiger partial charge is 0.361 e. The number of hydrogen-bond donors (Lipinski definition) is 1. The van der Waals surface area contributed by atoms with Crippen LogP contribution in [0.15, 0.2) is 4.99 Å². The van der Waals surface area contributed by atoms with Crippen molar-refractivity contribution in [3.63, 3.8) is 0 Å². The summed E-state index contributed by atoms with van der Waals surface area (Å²) < 4.78 is 22.4. The highest BCUT2D eigenvalue weighted by Gasteiger charge is 2.30. The first-order valence-corrected chi connectivity index (χ1v) is 9.46. The van der Waals surface area contributed by atoms with E-state index in [4.69, 9.17) is 0 Å². The lowest BCUT2D eigenvalue weighted by Gasteiger charge is -2.34. The normalized spacial score (nSPS) is 21.2. The van der Waals surface area contributed by atoms with E-state index in [9.17, 15) is 8.42 Å². The average Bonchev–Trinajstić information content (AvgIpc) is 2.28. The highest BCUT2D eigenvalue weighted by Crippen LogP contribution is 2.34. The number of sulfone groups is 1. The predicted octanol–water partition coefficient (Wildman–Crippen LogP) is 1.92. The summed E-state index contributed by atoms with van der Waals surface area (Å²) in [5.41, 5.74) is 0.329. The van der Waals surface area contributed by atoms with Gasteiger partial charge in [-0.3, -0.25) is 4.99 Å². The zero-order valence-corrected chi connectivity index (χ0v) is 13.3. The van der Waals surface area contributed by atoms with Crippen LogP contribution in [0, 0.1) is 5.41 Å². The molecule has 6 heteroatoms. The Kier molecular flexibility index (Phi) is 5.52. The average molecular weight is 292 g/mol. The van der Waals surface area contributed by atoms with Crippen molar-refractivity contribution < 1.29 is 8.42 Å². The summed E-state index contributed by atoms with van der Waals surface area (Å²) in [5.74, 6) is 1.22. The van der Waals surface area contributed by atoms with Crippen molar-refractivity contribution in [2.45, 2.75) is 39.7 Å². The molecule has 1 N–H and O–H groups in total. The van der Waals surface area contributed by atoms with Crippen molar-refractivity contribution >= 4 is 26.8 Å². The van der Waals surface area contributed by atoms with E-state index in [1.165, 1.54) is 6.26 Å². The van der Waals surface area contributed by atoms with E-state index in [1.54, 1.807) is 11.8 Å². The number of rotatable bonds is 5. The van der Waals surface area contributed by atoms with E-state index in [0.717, 1.165) is 30.3 Å². The summed E-state index contributed by atoms with van der Waals surface area (Å²) in [4.78, 5) is 4.57. The molecule has 0 aromatic rings. The third kappa shape index (κ3) is 4.80. The van der Waals surface area contributed by atoms with Crippen LogP contribution >= 0.6 is 11.8 Å². The number of thioether (sulfide) groups is 1. The third-order valence-electron chi connectivity index (χ3n) is 3.50. The third-order valence-corrected chi connectivity index (χ3v) is 5.88. The summed E-state index contributed by atoms with van der Waals surface area (Å²) in [6, 6.07) is -0.0815. The molecule has 4 nitrogen and oxygen atoms in total. The number of nitrogens with zero attached hydrogens (tertiary/aromatic N) is 1. The Labute approximate surface area is 115 Å². The molecule has 1 rings (SSSR count). The maximum absolute atomic E-state index is 11.2. The Morgan fingerprint density at radius 3 is 2.44 bits per heavy atom. The van der Waals surface area contributed by atoms with Crippen LogP contribution in [-0.2, 0) is 9.84 Å². The van der Waals surface area contributed by atoms with Crippen molar-refractivity contribution in [3.05, 3.63) is 0 Å². The summed E-state index contributed by atoms with van der Waals surface area (Å²) in [5, 5.41) is 4.09. The molecule has 1 heterocycles. The minimum atomic E-state index is -2.93. The van der Waals surface area contributed by atoms with Gasteiger partial charge in [0.15, 0.2) is 5.17 Å². The SMILES string of the molecule is CCC1(CC)CN=C(NC(C)CS(C)(=O)=O)SC1. The smallest absolute Gasteiger partial charge is 0.156 e. The monoisotopic (exact) mass is 292 g/mol. The van der Waals surface area contributed by atoms with Crippen molar-refractivity contribution in [1.82, 2.24) is 5.32 Å². The minimum Gasteiger partial charge on any atom is -0.361 e. The first kappa shape index (κ1) is 15.8. The maximum atomic E-state index is 11.2. The zero-order chi connectivity index (χ0) is 13.8. The Morgan fingerprint density at radius 1 is 1.44 bits per heavy atom. The van der Waals surface area contributed by atoms with Gasteiger partial charge in [-0.25, -0.2) is 8.42 Å². The molecule has 0 saturated carbocycles. The molecule has 0 saturated heterocycles. The molecule has 0 spiro atoms. The number of amidine groups is 1. The van der Waals surface area contributed by atoms with Crippen LogP contribution in [-0.4, -0.2) is 43.9 Å². The second-order valence-corrected chi connectivity index (χ2v) is 8.40. The fourth-order valence-electron chi connectivity index (χ4n) is 2.02. The molecule has 1 unspecified atom stereocenters. The molecule has 1 atom stereocenters. The van der Waals surface area contributed by atoms with Gasteiger partial charge in [-0.2, -0.15) is 0 Å². The molecule has 1 aliphatic rings. The number of aliphatic imine (C=N–C) groups is 1. The lowest BCUT2D eigenvalue weighted by Crippen LogP contribution is -2.40. The van der Waals surface area contributed by atoms with Gasteiger partial charge in [0, 0.05) is 24.6 Å².